The Hall–Kier alpha value is -1.77. The highest BCUT2D eigenvalue weighted by Gasteiger charge is 2.40. The summed E-state index contributed by atoms with van der Waals surface area (Å²) in [6.45, 7) is 2.74. The SMILES string of the molecule is CCCCCCCC/C=C\[C@@H](O)[C@H]1CC[C@H]([C@H]2CC[C@H]([C@H](O)COCc3ccc(C(=O)OC)cc3)O2)O1. The quantitative estimate of drug-likeness (QED) is 0.178. The molecule has 6 atom stereocenters. The zero-order valence-electron chi connectivity index (χ0n) is 22.6. The van der Waals surface area contributed by atoms with Crippen molar-refractivity contribution in [3.63, 3.8) is 0 Å². The van der Waals surface area contributed by atoms with Crippen molar-refractivity contribution in [2.45, 2.75) is 121 Å². The molecule has 0 aromatic heterocycles. The predicted molar refractivity (Wildman–Crippen MR) is 142 cm³/mol. The van der Waals surface area contributed by atoms with E-state index in [2.05, 4.69) is 13.0 Å². The molecule has 2 saturated heterocycles. The highest BCUT2D eigenvalue weighted by atomic mass is 16.6. The first kappa shape index (κ1) is 29.8. The number of methoxy groups -OCH3 is 1. The maximum atomic E-state index is 11.5. The third-order valence-corrected chi connectivity index (χ3v) is 7.39. The van der Waals surface area contributed by atoms with Crippen LogP contribution in [-0.4, -0.2) is 66.5 Å². The van der Waals surface area contributed by atoms with Gasteiger partial charge in [-0.1, -0.05) is 63.3 Å². The van der Waals surface area contributed by atoms with Gasteiger partial charge in [0.2, 0.25) is 0 Å². The number of aliphatic hydroxyl groups excluding tert-OH is 2. The molecule has 7 nitrogen and oxygen atoms in total. The van der Waals surface area contributed by atoms with Gasteiger partial charge in [0.05, 0.1) is 56.4 Å². The lowest BCUT2D eigenvalue weighted by atomic mass is 10.0. The van der Waals surface area contributed by atoms with Crippen LogP contribution in [0.5, 0.6) is 0 Å². The molecule has 2 fully saturated rings. The van der Waals surface area contributed by atoms with Gasteiger partial charge in [-0.25, -0.2) is 4.79 Å². The summed E-state index contributed by atoms with van der Waals surface area (Å²) in [6.07, 6.45) is 14.0. The van der Waals surface area contributed by atoms with Crippen LogP contribution in [0, 0.1) is 0 Å². The second-order valence-corrected chi connectivity index (χ2v) is 10.3. The molecule has 2 aliphatic heterocycles. The van der Waals surface area contributed by atoms with E-state index in [-0.39, 0.29) is 37.0 Å². The summed E-state index contributed by atoms with van der Waals surface area (Å²) >= 11 is 0. The summed E-state index contributed by atoms with van der Waals surface area (Å²) in [5.41, 5.74) is 1.40. The molecule has 37 heavy (non-hydrogen) atoms. The first-order valence-corrected chi connectivity index (χ1v) is 14.1. The van der Waals surface area contributed by atoms with E-state index in [0.29, 0.717) is 12.2 Å². The molecule has 2 N–H and O–H groups in total. The number of ether oxygens (including phenoxy) is 4. The Labute approximate surface area is 222 Å². The van der Waals surface area contributed by atoms with Crippen LogP contribution < -0.4 is 0 Å². The van der Waals surface area contributed by atoms with Crippen LogP contribution in [0.4, 0.5) is 0 Å². The van der Waals surface area contributed by atoms with Crippen molar-refractivity contribution in [3.8, 4) is 0 Å². The fourth-order valence-electron chi connectivity index (χ4n) is 5.12. The Morgan fingerprint density at radius 1 is 0.973 bits per heavy atom. The van der Waals surface area contributed by atoms with Crippen LogP contribution in [0.1, 0.15) is 93.5 Å². The number of carbonyl (C=O) groups is 1. The van der Waals surface area contributed by atoms with Crippen molar-refractivity contribution in [1.82, 2.24) is 0 Å². The molecule has 1 aromatic carbocycles. The maximum Gasteiger partial charge on any atom is 0.337 e. The molecule has 7 heteroatoms. The van der Waals surface area contributed by atoms with Crippen LogP contribution >= 0.6 is 0 Å². The van der Waals surface area contributed by atoms with Crippen molar-refractivity contribution >= 4 is 5.97 Å². The van der Waals surface area contributed by atoms with E-state index in [4.69, 9.17) is 18.9 Å². The van der Waals surface area contributed by atoms with Gasteiger partial charge in [-0.2, -0.15) is 0 Å². The van der Waals surface area contributed by atoms with Gasteiger partial charge >= 0.3 is 5.97 Å². The third-order valence-electron chi connectivity index (χ3n) is 7.39. The highest BCUT2D eigenvalue weighted by Crippen LogP contribution is 2.33. The lowest BCUT2D eigenvalue weighted by molar-refractivity contribution is -0.114. The fourth-order valence-corrected chi connectivity index (χ4v) is 5.12. The van der Waals surface area contributed by atoms with Crippen molar-refractivity contribution < 1.29 is 34.0 Å². The highest BCUT2D eigenvalue weighted by molar-refractivity contribution is 5.89. The summed E-state index contributed by atoms with van der Waals surface area (Å²) in [7, 11) is 1.35. The number of hydrogen-bond donors (Lipinski definition) is 2. The second kappa shape index (κ2) is 16.2. The molecule has 0 amide bonds. The van der Waals surface area contributed by atoms with Crippen LogP contribution in [0.2, 0.25) is 0 Å². The molecule has 0 aliphatic carbocycles. The van der Waals surface area contributed by atoms with Gasteiger partial charge in [-0.05, 0) is 56.2 Å². The molecule has 2 heterocycles. The fraction of sp³-hybridized carbons (Fsp3) is 0.700. The molecule has 1 aromatic rings. The molecule has 0 spiro atoms. The van der Waals surface area contributed by atoms with Gasteiger partial charge in [0.25, 0.3) is 0 Å². The molecule has 0 saturated carbocycles. The zero-order chi connectivity index (χ0) is 26.5. The monoisotopic (exact) mass is 518 g/mol. The number of esters is 1. The summed E-state index contributed by atoms with van der Waals surface area (Å²) in [4.78, 5) is 11.5. The average Bonchev–Trinajstić information content (AvgIpc) is 3.60. The molecule has 3 rings (SSSR count). The number of allylic oxidation sites excluding steroid dienone is 1. The Kier molecular flexibility index (Phi) is 13.1. The number of rotatable bonds is 16. The van der Waals surface area contributed by atoms with E-state index in [0.717, 1.165) is 37.7 Å². The van der Waals surface area contributed by atoms with E-state index in [1.54, 1.807) is 12.1 Å². The van der Waals surface area contributed by atoms with Crippen LogP contribution in [0.25, 0.3) is 0 Å². The lowest BCUT2D eigenvalue weighted by Crippen LogP contribution is -2.34. The minimum atomic E-state index is -0.716. The van der Waals surface area contributed by atoms with E-state index >= 15 is 0 Å². The first-order chi connectivity index (χ1) is 18.0. The Morgan fingerprint density at radius 2 is 1.62 bits per heavy atom. The summed E-state index contributed by atoms with van der Waals surface area (Å²) in [5, 5.41) is 21.1. The lowest BCUT2D eigenvalue weighted by Gasteiger charge is -2.23. The Bertz CT molecular complexity index is 809. The molecule has 0 radical (unpaired) electrons. The minimum absolute atomic E-state index is 0.0435. The average molecular weight is 519 g/mol. The largest absolute Gasteiger partial charge is 0.465 e. The standard InChI is InChI=1S/C30H46O7/c1-3-4-5-6-7-8-9-10-11-24(31)26-16-18-28(36-26)29-19-17-27(37-29)25(32)21-35-20-22-12-14-23(15-13-22)30(33)34-2/h10-15,24-29,31-32H,3-9,16-21H2,1-2H3/b11-10-/t24-,25-,26-,27-,28-,29-/m1/s1. The number of benzene rings is 1. The number of unbranched alkanes of at least 4 members (excludes halogenated alkanes) is 6. The Morgan fingerprint density at radius 3 is 2.32 bits per heavy atom. The number of carbonyl (C=O) groups excluding carboxylic acids is 1. The van der Waals surface area contributed by atoms with Crippen molar-refractivity contribution in [1.29, 1.82) is 0 Å². The van der Waals surface area contributed by atoms with Gasteiger partial charge in [0.15, 0.2) is 0 Å². The summed E-state index contributed by atoms with van der Waals surface area (Å²) in [5.74, 6) is -0.372. The van der Waals surface area contributed by atoms with Crippen molar-refractivity contribution in [2.75, 3.05) is 13.7 Å². The molecule has 2 aliphatic rings. The Balaban J connectivity index is 1.30. The van der Waals surface area contributed by atoms with Crippen LogP contribution in [-0.2, 0) is 25.6 Å². The summed E-state index contributed by atoms with van der Waals surface area (Å²) < 4.78 is 22.7. The van der Waals surface area contributed by atoms with E-state index in [9.17, 15) is 15.0 Å². The van der Waals surface area contributed by atoms with Crippen LogP contribution in [0.3, 0.4) is 0 Å². The van der Waals surface area contributed by atoms with Crippen molar-refractivity contribution in [2.24, 2.45) is 0 Å². The first-order valence-electron chi connectivity index (χ1n) is 14.1. The van der Waals surface area contributed by atoms with E-state index in [1.165, 1.54) is 45.6 Å². The topological polar surface area (TPSA) is 94.5 Å². The van der Waals surface area contributed by atoms with Gasteiger partial charge in [0.1, 0.15) is 6.10 Å². The van der Waals surface area contributed by atoms with Crippen LogP contribution in [0.15, 0.2) is 36.4 Å². The predicted octanol–water partition coefficient (Wildman–Crippen LogP) is 5.11. The number of aliphatic hydroxyl groups is 2. The van der Waals surface area contributed by atoms with E-state index in [1.807, 2.05) is 18.2 Å². The van der Waals surface area contributed by atoms with Gasteiger partial charge in [0, 0.05) is 0 Å². The molecular formula is C30H46O7. The second-order valence-electron chi connectivity index (χ2n) is 10.3. The number of hydrogen-bond acceptors (Lipinski definition) is 7. The van der Waals surface area contributed by atoms with Gasteiger partial charge < -0.3 is 29.2 Å². The normalized spacial score (nSPS) is 25.5. The molecule has 0 unspecified atom stereocenters. The minimum Gasteiger partial charge on any atom is -0.465 e. The van der Waals surface area contributed by atoms with E-state index < -0.39 is 12.2 Å². The molecule has 0 bridgehead atoms. The van der Waals surface area contributed by atoms with Crippen molar-refractivity contribution in [3.05, 3.63) is 47.5 Å². The smallest absolute Gasteiger partial charge is 0.337 e. The maximum absolute atomic E-state index is 11.5. The molecule has 208 valence electrons. The molecular weight excluding hydrogens is 472 g/mol. The zero-order valence-corrected chi connectivity index (χ0v) is 22.6. The third kappa shape index (κ3) is 9.80. The van der Waals surface area contributed by atoms with Gasteiger partial charge in [-0.3, -0.25) is 0 Å². The van der Waals surface area contributed by atoms with Gasteiger partial charge in [-0.15, -0.1) is 0 Å². The summed E-state index contributed by atoms with van der Waals surface area (Å²) in [6, 6.07) is 7.02.